The Kier molecular flexibility index (Phi) is 7.16. The van der Waals surface area contributed by atoms with E-state index < -0.39 is 28.7 Å². The summed E-state index contributed by atoms with van der Waals surface area (Å²) in [6.45, 7) is 2.22. The first-order valence-corrected chi connectivity index (χ1v) is 14.0. The summed E-state index contributed by atoms with van der Waals surface area (Å²) < 4.78 is -0.727. The van der Waals surface area contributed by atoms with Crippen LogP contribution in [0.5, 0.6) is 0 Å². The first-order chi connectivity index (χ1) is 17.4. The normalized spacial score (nSPS) is 31.2. The van der Waals surface area contributed by atoms with Crippen LogP contribution in [0.1, 0.15) is 24.5 Å². The lowest BCUT2D eigenvalue weighted by atomic mass is 9.70. The number of carbonyl (C=O) groups excluding carboxylic acids is 3. The fraction of sp³-hybridized carbons (Fsp3) is 0.444. The number of alkyl halides is 1. The standard InChI is InChI=1S/C27H30BrN3O4S/c1-16(15-32)31-23(25(34)30-14-18-10-6-3-7-11-18)27-12-19(28)22(36-27)20(21(27)26(31)35)24(33)29-13-17-8-4-2-5-9-17/h2-11,16,19-23,32H,12-15H2,1H3,(H,29,33)(H,30,34)/t16-,19?,20+,21+,22+,23?,27?/m1/s1. The van der Waals surface area contributed by atoms with Crippen LogP contribution in [0.15, 0.2) is 60.7 Å². The monoisotopic (exact) mass is 571 g/mol. The first kappa shape index (κ1) is 25.3. The molecule has 7 nitrogen and oxygen atoms in total. The molecule has 0 aromatic heterocycles. The van der Waals surface area contributed by atoms with Crippen LogP contribution in [0.4, 0.5) is 0 Å². The van der Waals surface area contributed by atoms with Gasteiger partial charge >= 0.3 is 0 Å². The molecule has 190 valence electrons. The third kappa shape index (κ3) is 4.25. The molecule has 9 heteroatoms. The number of aliphatic hydroxyl groups is 1. The van der Waals surface area contributed by atoms with E-state index in [9.17, 15) is 19.5 Å². The highest BCUT2D eigenvalue weighted by atomic mass is 79.9. The third-order valence-corrected chi connectivity index (χ3v) is 10.9. The Hall–Kier alpha value is -2.36. The maximum atomic E-state index is 13.9. The van der Waals surface area contributed by atoms with E-state index in [-0.39, 0.29) is 34.4 Å². The van der Waals surface area contributed by atoms with E-state index in [1.807, 2.05) is 60.7 Å². The zero-order valence-electron chi connectivity index (χ0n) is 20.0. The molecule has 2 aromatic rings. The SMILES string of the molecule is C[C@H](CO)N1C(=O)[C@@H]2[C@H](C(=O)NCc3ccccc3)[C@H]3SC2(CC3Br)C1C(=O)NCc1ccccc1. The van der Waals surface area contributed by atoms with Crippen molar-refractivity contribution in [1.29, 1.82) is 0 Å². The topological polar surface area (TPSA) is 98.7 Å². The van der Waals surface area contributed by atoms with Crippen LogP contribution in [0.25, 0.3) is 0 Å². The van der Waals surface area contributed by atoms with E-state index in [1.54, 1.807) is 18.7 Å². The maximum absolute atomic E-state index is 13.9. The van der Waals surface area contributed by atoms with Gasteiger partial charge in [-0.15, -0.1) is 11.8 Å². The Morgan fingerprint density at radius 3 is 2.17 bits per heavy atom. The number of benzene rings is 2. The Labute approximate surface area is 223 Å². The summed E-state index contributed by atoms with van der Waals surface area (Å²) in [5, 5.41) is 15.9. The molecule has 0 aliphatic carbocycles. The van der Waals surface area contributed by atoms with Gasteiger partial charge in [-0.3, -0.25) is 14.4 Å². The van der Waals surface area contributed by atoms with E-state index in [0.717, 1.165) is 11.1 Å². The highest BCUT2D eigenvalue weighted by Crippen LogP contribution is 2.67. The molecule has 5 rings (SSSR count). The third-order valence-electron chi connectivity index (χ3n) is 7.64. The zero-order chi connectivity index (χ0) is 25.4. The van der Waals surface area contributed by atoms with Crippen molar-refractivity contribution in [3.8, 4) is 0 Å². The summed E-state index contributed by atoms with van der Waals surface area (Å²) in [7, 11) is 0. The fourth-order valence-corrected chi connectivity index (χ4v) is 9.61. The number of likely N-dealkylation sites (tertiary alicyclic amines) is 1. The van der Waals surface area contributed by atoms with Crippen LogP contribution in [0.3, 0.4) is 0 Å². The molecular formula is C27H30BrN3O4S. The molecule has 3 N–H and O–H groups in total. The van der Waals surface area contributed by atoms with Gasteiger partial charge < -0.3 is 20.6 Å². The van der Waals surface area contributed by atoms with Crippen LogP contribution >= 0.6 is 27.7 Å². The smallest absolute Gasteiger partial charge is 0.244 e. The first-order valence-electron chi connectivity index (χ1n) is 12.3. The maximum Gasteiger partial charge on any atom is 0.244 e. The molecule has 0 radical (unpaired) electrons. The predicted octanol–water partition coefficient (Wildman–Crippen LogP) is 2.46. The molecule has 3 aliphatic rings. The van der Waals surface area contributed by atoms with Crippen molar-refractivity contribution in [1.82, 2.24) is 15.5 Å². The minimum atomic E-state index is -0.761. The van der Waals surface area contributed by atoms with Crippen molar-refractivity contribution in [3.63, 3.8) is 0 Å². The Morgan fingerprint density at radius 1 is 1.06 bits per heavy atom. The number of nitrogens with one attached hydrogen (secondary N) is 2. The van der Waals surface area contributed by atoms with Crippen LogP contribution in [0.2, 0.25) is 0 Å². The van der Waals surface area contributed by atoms with Gasteiger partial charge in [-0.1, -0.05) is 76.6 Å². The Balaban J connectivity index is 1.42. The molecule has 3 saturated heterocycles. The Morgan fingerprint density at radius 2 is 1.61 bits per heavy atom. The summed E-state index contributed by atoms with van der Waals surface area (Å²) >= 11 is 5.36. The Bertz CT molecular complexity index is 1140. The number of nitrogens with zero attached hydrogens (tertiary/aromatic N) is 1. The number of hydrogen-bond donors (Lipinski definition) is 3. The number of halogens is 1. The molecule has 3 unspecified atom stereocenters. The number of rotatable bonds is 8. The molecule has 3 aliphatic heterocycles. The van der Waals surface area contributed by atoms with Gasteiger partial charge in [0.15, 0.2) is 0 Å². The van der Waals surface area contributed by atoms with Crippen molar-refractivity contribution >= 4 is 45.4 Å². The average molecular weight is 573 g/mol. The van der Waals surface area contributed by atoms with Gasteiger partial charge in [-0.05, 0) is 24.5 Å². The van der Waals surface area contributed by atoms with E-state index in [4.69, 9.17) is 0 Å². The minimum Gasteiger partial charge on any atom is -0.394 e. The predicted molar refractivity (Wildman–Crippen MR) is 142 cm³/mol. The average Bonchev–Trinajstić information content (AvgIpc) is 3.50. The summed E-state index contributed by atoms with van der Waals surface area (Å²) in [6.07, 6.45) is 0.610. The summed E-state index contributed by atoms with van der Waals surface area (Å²) in [6, 6.07) is 18.0. The lowest BCUT2D eigenvalue weighted by Crippen LogP contribution is -2.56. The van der Waals surface area contributed by atoms with Gasteiger partial charge in [0.1, 0.15) is 6.04 Å². The van der Waals surface area contributed by atoms with Crippen molar-refractivity contribution in [3.05, 3.63) is 71.8 Å². The minimum absolute atomic E-state index is 0.00725. The number of fused-ring (bicyclic) bond motifs is 1. The molecule has 3 fully saturated rings. The summed E-state index contributed by atoms with van der Waals surface area (Å²) in [4.78, 5) is 42.6. The van der Waals surface area contributed by atoms with Gasteiger partial charge in [0.2, 0.25) is 17.7 Å². The molecule has 3 amide bonds. The van der Waals surface area contributed by atoms with E-state index in [2.05, 4.69) is 26.6 Å². The molecule has 2 aromatic carbocycles. The number of amides is 3. The van der Waals surface area contributed by atoms with Gasteiger partial charge in [0.05, 0.1) is 29.2 Å². The van der Waals surface area contributed by atoms with Crippen LogP contribution < -0.4 is 10.6 Å². The van der Waals surface area contributed by atoms with Crippen LogP contribution in [-0.2, 0) is 27.5 Å². The zero-order valence-corrected chi connectivity index (χ0v) is 22.4. The largest absolute Gasteiger partial charge is 0.394 e. The second kappa shape index (κ2) is 10.2. The lowest BCUT2D eigenvalue weighted by molar-refractivity contribution is -0.142. The van der Waals surface area contributed by atoms with Gasteiger partial charge in [0.25, 0.3) is 0 Å². The van der Waals surface area contributed by atoms with Gasteiger partial charge in [-0.25, -0.2) is 0 Å². The van der Waals surface area contributed by atoms with Crippen LogP contribution in [0, 0.1) is 11.8 Å². The number of aliphatic hydroxyl groups excluding tert-OH is 1. The molecule has 3 heterocycles. The molecule has 0 saturated carbocycles. The second-order valence-electron chi connectivity index (χ2n) is 9.85. The molecule has 1 spiro atoms. The molecule has 7 atom stereocenters. The van der Waals surface area contributed by atoms with Crippen LogP contribution in [-0.4, -0.2) is 61.2 Å². The van der Waals surface area contributed by atoms with Crippen molar-refractivity contribution < 1.29 is 19.5 Å². The highest BCUT2D eigenvalue weighted by molar-refractivity contribution is 9.09. The number of hydrogen-bond acceptors (Lipinski definition) is 5. The fourth-order valence-electron chi connectivity index (χ4n) is 6.01. The number of carbonyl (C=O) groups is 3. The van der Waals surface area contributed by atoms with Gasteiger partial charge in [0, 0.05) is 23.2 Å². The van der Waals surface area contributed by atoms with Crippen molar-refractivity contribution in [2.24, 2.45) is 11.8 Å². The van der Waals surface area contributed by atoms with Gasteiger partial charge in [-0.2, -0.15) is 0 Å². The highest BCUT2D eigenvalue weighted by Gasteiger charge is 2.75. The van der Waals surface area contributed by atoms with Crippen molar-refractivity contribution in [2.45, 2.75) is 53.3 Å². The quantitative estimate of drug-likeness (QED) is 0.423. The molecule has 36 heavy (non-hydrogen) atoms. The number of thioether (sulfide) groups is 1. The van der Waals surface area contributed by atoms with E-state index in [0.29, 0.717) is 19.5 Å². The van der Waals surface area contributed by atoms with E-state index in [1.165, 1.54) is 4.90 Å². The molecule has 2 bridgehead atoms. The van der Waals surface area contributed by atoms with Crippen molar-refractivity contribution in [2.75, 3.05) is 6.61 Å². The summed E-state index contributed by atoms with van der Waals surface area (Å²) in [5.74, 6) is -1.79. The summed E-state index contributed by atoms with van der Waals surface area (Å²) in [5.41, 5.74) is 1.95. The lowest BCUT2D eigenvalue weighted by Gasteiger charge is -2.36. The second-order valence-corrected chi connectivity index (χ2v) is 12.6. The molecular weight excluding hydrogens is 542 g/mol. The van der Waals surface area contributed by atoms with E-state index >= 15 is 0 Å².